The molecule has 0 aliphatic rings. The summed E-state index contributed by atoms with van der Waals surface area (Å²) in [5.41, 5.74) is 0.0499. The van der Waals surface area contributed by atoms with Crippen molar-refractivity contribution in [3.8, 4) is 0 Å². The Kier molecular flexibility index (Phi) is 4.50. The van der Waals surface area contributed by atoms with Gasteiger partial charge in [-0.1, -0.05) is 18.5 Å². The molecule has 0 bridgehead atoms. The smallest absolute Gasteiger partial charge is 0.254 e. The fourth-order valence-corrected chi connectivity index (χ4v) is 2.64. The Morgan fingerprint density at radius 1 is 1.47 bits per heavy atom. The molecular weight excluding hydrogens is 287 g/mol. The number of halogens is 2. The Morgan fingerprint density at radius 2 is 2.21 bits per heavy atom. The fourth-order valence-electron chi connectivity index (χ4n) is 1.55. The van der Waals surface area contributed by atoms with Crippen molar-refractivity contribution in [2.24, 2.45) is 0 Å². The lowest BCUT2D eigenvalue weighted by Gasteiger charge is -2.05. The van der Waals surface area contributed by atoms with Gasteiger partial charge < -0.3 is 5.32 Å². The van der Waals surface area contributed by atoms with E-state index in [1.54, 1.807) is 11.3 Å². The molecule has 1 amide bonds. The number of carbonyl (C=O) groups excluding carboxylic acids is 1. The lowest BCUT2D eigenvalue weighted by atomic mass is 10.2. The van der Waals surface area contributed by atoms with Gasteiger partial charge in [0.15, 0.2) is 0 Å². The topological polar surface area (TPSA) is 42.0 Å². The summed E-state index contributed by atoms with van der Waals surface area (Å²) in [4.78, 5) is 17.8. The normalized spacial score (nSPS) is 10.5. The minimum Gasteiger partial charge on any atom is -0.347 e. The average molecular weight is 299 g/mol. The number of pyridine rings is 1. The second kappa shape index (κ2) is 6.12. The molecule has 1 N–H and O–H groups in total. The van der Waals surface area contributed by atoms with Gasteiger partial charge in [-0.25, -0.2) is 9.37 Å². The third-order valence-corrected chi connectivity index (χ3v) is 4.07. The van der Waals surface area contributed by atoms with Crippen LogP contribution in [0.5, 0.6) is 0 Å². The summed E-state index contributed by atoms with van der Waals surface area (Å²) in [7, 11) is 0. The molecule has 0 saturated heterocycles. The van der Waals surface area contributed by atoms with Crippen molar-refractivity contribution in [3.05, 3.63) is 50.7 Å². The Bertz CT molecular complexity index is 600. The highest BCUT2D eigenvalue weighted by atomic mass is 35.5. The molecule has 0 radical (unpaired) electrons. The summed E-state index contributed by atoms with van der Waals surface area (Å²) in [5, 5.41) is 2.70. The molecule has 100 valence electrons. The molecule has 2 aromatic heterocycles. The van der Waals surface area contributed by atoms with Crippen molar-refractivity contribution in [1.29, 1.82) is 0 Å². The maximum atomic E-state index is 13.0. The lowest BCUT2D eigenvalue weighted by molar-refractivity contribution is 0.0950. The van der Waals surface area contributed by atoms with Crippen LogP contribution in [0.3, 0.4) is 0 Å². The van der Waals surface area contributed by atoms with Gasteiger partial charge >= 0.3 is 0 Å². The first kappa shape index (κ1) is 14.0. The van der Waals surface area contributed by atoms with E-state index >= 15 is 0 Å². The van der Waals surface area contributed by atoms with Crippen LogP contribution in [0.25, 0.3) is 0 Å². The summed E-state index contributed by atoms with van der Waals surface area (Å²) in [6, 6.07) is 5.08. The Morgan fingerprint density at radius 3 is 2.89 bits per heavy atom. The summed E-state index contributed by atoms with van der Waals surface area (Å²) < 4.78 is 13.0. The van der Waals surface area contributed by atoms with Crippen molar-refractivity contribution in [2.75, 3.05) is 0 Å². The standard InChI is InChI=1S/C13H12ClFN2OS/c1-2-9-3-4-10(19-9)7-17-13(18)11-5-8(15)6-16-12(11)14/h3-6H,2,7H2,1H3,(H,17,18). The SMILES string of the molecule is CCc1ccc(CNC(=O)c2cc(F)cnc2Cl)s1. The highest BCUT2D eigenvalue weighted by Crippen LogP contribution is 2.17. The van der Waals surface area contributed by atoms with Gasteiger partial charge in [-0.05, 0) is 24.6 Å². The van der Waals surface area contributed by atoms with Gasteiger partial charge in [-0.15, -0.1) is 11.3 Å². The van der Waals surface area contributed by atoms with E-state index in [9.17, 15) is 9.18 Å². The van der Waals surface area contributed by atoms with Gasteiger partial charge in [0, 0.05) is 9.75 Å². The van der Waals surface area contributed by atoms with Gasteiger partial charge in [0.2, 0.25) is 0 Å². The minimum atomic E-state index is -0.584. The number of nitrogens with zero attached hydrogens (tertiary/aromatic N) is 1. The van der Waals surface area contributed by atoms with Crippen LogP contribution in [-0.2, 0) is 13.0 Å². The van der Waals surface area contributed by atoms with Crippen molar-refractivity contribution in [3.63, 3.8) is 0 Å². The second-order valence-corrected chi connectivity index (χ2v) is 5.51. The first-order chi connectivity index (χ1) is 9.10. The largest absolute Gasteiger partial charge is 0.347 e. The molecular formula is C13H12ClFN2OS. The van der Waals surface area contributed by atoms with Gasteiger partial charge in [0.1, 0.15) is 11.0 Å². The van der Waals surface area contributed by atoms with E-state index in [-0.39, 0.29) is 10.7 Å². The monoisotopic (exact) mass is 298 g/mol. The first-order valence-corrected chi connectivity index (χ1v) is 6.96. The highest BCUT2D eigenvalue weighted by molar-refractivity contribution is 7.11. The van der Waals surface area contributed by atoms with Crippen LogP contribution in [0.1, 0.15) is 27.0 Å². The van der Waals surface area contributed by atoms with Crippen LogP contribution in [0.4, 0.5) is 4.39 Å². The zero-order valence-electron chi connectivity index (χ0n) is 10.2. The number of aromatic nitrogens is 1. The molecule has 2 heterocycles. The third kappa shape index (κ3) is 3.52. The zero-order chi connectivity index (χ0) is 13.8. The summed E-state index contributed by atoms with van der Waals surface area (Å²) in [6.07, 6.45) is 1.95. The Hall–Kier alpha value is -1.46. The molecule has 0 saturated carbocycles. The molecule has 0 spiro atoms. The second-order valence-electron chi connectivity index (χ2n) is 3.90. The summed E-state index contributed by atoms with van der Waals surface area (Å²) in [5.74, 6) is -1.01. The minimum absolute atomic E-state index is 0.000623. The van der Waals surface area contributed by atoms with Crippen molar-refractivity contribution in [2.45, 2.75) is 19.9 Å². The number of hydrogen-bond acceptors (Lipinski definition) is 3. The van der Waals surface area contributed by atoms with E-state index in [0.717, 1.165) is 23.6 Å². The number of aryl methyl sites for hydroxylation is 1. The van der Waals surface area contributed by atoms with Crippen LogP contribution in [-0.4, -0.2) is 10.9 Å². The number of rotatable bonds is 4. The maximum Gasteiger partial charge on any atom is 0.254 e. The molecule has 0 fully saturated rings. The molecule has 0 aromatic carbocycles. The maximum absolute atomic E-state index is 13.0. The molecule has 6 heteroatoms. The quantitative estimate of drug-likeness (QED) is 0.879. The van der Waals surface area contributed by atoms with Crippen molar-refractivity contribution >= 4 is 28.8 Å². The first-order valence-electron chi connectivity index (χ1n) is 5.77. The molecule has 19 heavy (non-hydrogen) atoms. The van der Waals surface area contributed by atoms with Crippen LogP contribution >= 0.6 is 22.9 Å². The van der Waals surface area contributed by atoms with E-state index in [2.05, 4.69) is 17.2 Å². The van der Waals surface area contributed by atoms with Gasteiger partial charge in [-0.3, -0.25) is 4.79 Å². The van der Waals surface area contributed by atoms with Crippen molar-refractivity contribution < 1.29 is 9.18 Å². The molecule has 2 aromatic rings. The summed E-state index contributed by atoms with van der Waals surface area (Å²) in [6.45, 7) is 2.47. The third-order valence-electron chi connectivity index (χ3n) is 2.54. The number of amides is 1. The van der Waals surface area contributed by atoms with E-state index in [1.807, 2.05) is 12.1 Å². The average Bonchev–Trinajstić information content (AvgIpc) is 2.87. The molecule has 0 aliphatic heterocycles. The number of thiophene rings is 1. The van der Waals surface area contributed by atoms with E-state index in [1.165, 1.54) is 4.88 Å². The molecule has 0 aliphatic carbocycles. The van der Waals surface area contributed by atoms with Gasteiger partial charge in [0.25, 0.3) is 5.91 Å². The molecule has 0 atom stereocenters. The van der Waals surface area contributed by atoms with Crippen LogP contribution < -0.4 is 5.32 Å². The number of carbonyl (C=O) groups is 1. The predicted molar refractivity (Wildman–Crippen MR) is 74.1 cm³/mol. The van der Waals surface area contributed by atoms with Gasteiger partial charge in [0.05, 0.1) is 18.3 Å². The van der Waals surface area contributed by atoms with E-state index in [0.29, 0.717) is 6.54 Å². The molecule has 0 unspecified atom stereocenters. The molecule has 2 rings (SSSR count). The lowest BCUT2D eigenvalue weighted by Crippen LogP contribution is -2.23. The highest BCUT2D eigenvalue weighted by Gasteiger charge is 2.12. The van der Waals surface area contributed by atoms with Crippen molar-refractivity contribution in [1.82, 2.24) is 10.3 Å². The summed E-state index contributed by atoms with van der Waals surface area (Å²) >= 11 is 7.40. The number of hydrogen-bond donors (Lipinski definition) is 1. The van der Waals surface area contributed by atoms with Crippen LogP contribution in [0, 0.1) is 5.82 Å². The van der Waals surface area contributed by atoms with Gasteiger partial charge in [-0.2, -0.15) is 0 Å². The predicted octanol–water partition coefficient (Wildman–Crippen LogP) is 3.43. The van der Waals surface area contributed by atoms with E-state index in [4.69, 9.17) is 11.6 Å². The Labute approximate surface area is 119 Å². The van der Waals surface area contributed by atoms with Crippen LogP contribution in [0.15, 0.2) is 24.4 Å². The van der Waals surface area contributed by atoms with Crippen LogP contribution in [0.2, 0.25) is 5.15 Å². The van der Waals surface area contributed by atoms with E-state index < -0.39 is 11.7 Å². The zero-order valence-corrected chi connectivity index (χ0v) is 11.8. The Balaban J connectivity index is 2.03. The fraction of sp³-hybridized carbons (Fsp3) is 0.231. The number of nitrogens with one attached hydrogen (secondary N) is 1. The molecule has 3 nitrogen and oxygen atoms in total.